The summed E-state index contributed by atoms with van der Waals surface area (Å²) in [7, 11) is 1.61. The zero-order valence-corrected chi connectivity index (χ0v) is 13.0. The monoisotopic (exact) mass is 342 g/mol. The van der Waals surface area contributed by atoms with Crippen LogP contribution in [0.2, 0.25) is 0 Å². The van der Waals surface area contributed by atoms with Crippen LogP contribution in [-0.2, 0) is 9.53 Å². The topological polar surface area (TPSA) is 59.6 Å². The second-order valence-electron chi connectivity index (χ2n) is 4.69. The van der Waals surface area contributed by atoms with Crippen molar-refractivity contribution in [3.63, 3.8) is 0 Å². The summed E-state index contributed by atoms with van der Waals surface area (Å²) >= 11 is 3.41. The Kier molecular flexibility index (Phi) is 5.67. The molecule has 1 aromatic rings. The van der Waals surface area contributed by atoms with Gasteiger partial charge >= 0.3 is 0 Å². The number of hydrogen-bond donors (Lipinski definition) is 2. The second kappa shape index (κ2) is 7.50. The lowest BCUT2D eigenvalue weighted by atomic mass is 10.1. The number of amides is 1. The van der Waals surface area contributed by atoms with Crippen LogP contribution in [0.15, 0.2) is 22.7 Å². The van der Waals surface area contributed by atoms with Crippen LogP contribution in [0.5, 0.6) is 5.75 Å². The van der Waals surface area contributed by atoms with Crippen molar-refractivity contribution in [2.75, 3.05) is 32.2 Å². The largest absolute Gasteiger partial charge is 0.497 e. The molecule has 0 radical (unpaired) electrons. The van der Waals surface area contributed by atoms with E-state index in [1.165, 1.54) is 0 Å². The minimum atomic E-state index is -0.00385. The number of carbonyl (C=O) groups excluding carboxylic acids is 1. The molecule has 1 aromatic carbocycles. The van der Waals surface area contributed by atoms with Crippen LogP contribution in [0, 0.1) is 0 Å². The van der Waals surface area contributed by atoms with Crippen molar-refractivity contribution in [2.24, 2.45) is 0 Å². The van der Waals surface area contributed by atoms with E-state index in [9.17, 15) is 4.79 Å². The van der Waals surface area contributed by atoms with Gasteiger partial charge in [0.2, 0.25) is 5.91 Å². The fraction of sp³-hybridized carbons (Fsp3) is 0.500. The van der Waals surface area contributed by atoms with E-state index >= 15 is 0 Å². The molecular formula is C14H19BrN2O3. The van der Waals surface area contributed by atoms with Crippen LogP contribution < -0.4 is 15.4 Å². The molecule has 2 rings (SSSR count). The van der Waals surface area contributed by atoms with Crippen molar-refractivity contribution in [3.05, 3.63) is 22.7 Å². The summed E-state index contributed by atoms with van der Waals surface area (Å²) in [5.41, 5.74) is 0.846. The predicted octanol–water partition coefficient (Wildman–Crippen LogP) is 2.16. The third-order valence-electron chi connectivity index (χ3n) is 3.15. The van der Waals surface area contributed by atoms with Gasteiger partial charge in [-0.1, -0.05) is 15.9 Å². The van der Waals surface area contributed by atoms with E-state index in [0.29, 0.717) is 0 Å². The van der Waals surface area contributed by atoms with Crippen LogP contribution in [0.1, 0.15) is 12.8 Å². The van der Waals surface area contributed by atoms with Crippen molar-refractivity contribution in [3.8, 4) is 5.75 Å². The Morgan fingerprint density at radius 1 is 1.40 bits per heavy atom. The second-order valence-corrected chi connectivity index (χ2v) is 5.60. The lowest BCUT2D eigenvalue weighted by Gasteiger charge is -2.23. The molecule has 1 amide bonds. The van der Waals surface area contributed by atoms with Crippen LogP contribution in [0.25, 0.3) is 0 Å². The first kappa shape index (κ1) is 15.1. The first-order valence-corrected chi connectivity index (χ1v) is 7.42. The Labute approximate surface area is 127 Å². The first-order chi connectivity index (χ1) is 9.67. The molecule has 0 atom stereocenters. The number of rotatable bonds is 5. The molecule has 1 aliphatic heterocycles. The third kappa shape index (κ3) is 4.68. The Bertz CT molecular complexity index is 462. The Morgan fingerprint density at radius 2 is 2.15 bits per heavy atom. The highest BCUT2D eigenvalue weighted by molar-refractivity contribution is 9.10. The highest BCUT2D eigenvalue weighted by Crippen LogP contribution is 2.24. The van der Waals surface area contributed by atoms with E-state index in [2.05, 4.69) is 26.6 Å². The highest BCUT2D eigenvalue weighted by atomic mass is 79.9. The number of benzene rings is 1. The van der Waals surface area contributed by atoms with Crippen LogP contribution >= 0.6 is 15.9 Å². The Hall–Kier alpha value is -1.27. The van der Waals surface area contributed by atoms with Gasteiger partial charge in [0.1, 0.15) is 5.75 Å². The van der Waals surface area contributed by atoms with Crippen molar-refractivity contribution in [1.82, 2.24) is 5.32 Å². The molecule has 0 unspecified atom stereocenters. The standard InChI is InChI=1S/C14H19BrN2O3/c1-19-13-7-10(15)6-12(8-13)16-9-14(18)17-11-2-4-20-5-3-11/h6-8,11,16H,2-5,9H2,1H3,(H,17,18). The van der Waals surface area contributed by atoms with Gasteiger partial charge in [-0.15, -0.1) is 0 Å². The summed E-state index contributed by atoms with van der Waals surface area (Å²) in [4.78, 5) is 11.9. The number of anilines is 1. The maximum absolute atomic E-state index is 11.9. The number of hydrogen-bond acceptors (Lipinski definition) is 4. The number of ether oxygens (including phenoxy) is 2. The van der Waals surface area contributed by atoms with Gasteiger partial charge in [0.15, 0.2) is 0 Å². The molecule has 0 spiro atoms. The number of halogens is 1. The molecule has 1 heterocycles. The van der Waals surface area contributed by atoms with E-state index in [1.807, 2.05) is 18.2 Å². The van der Waals surface area contributed by atoms with Crippen molar-refractivity contribution >= 4 is 27.5 Å². The zero-order valence-electron chi connectivity index (χ0n) is 11.4. The fourth-order valence-corrected chi connectivity index (χ4v) is 2.56. The van der Waals surface area contributed by atoms with Gasteiger partial charge in [-0.3, -0.25) is 4.79 Å². The fourth-order valence-electron chi connectivity index (χ4n) is 2.09. The molecule has 20 heavy (non-hydrogen) atoms. The van der Waals surface area contributed by atoms with E-state index < -0.39 is 0 Å². The molecule has 1 saturated heterocycles. The van der Waals surface area contributed by atoms with Gasteiger partial charge < -0.3 is 20.1 Å². The summed E-state index contributed by atoms with van der Waals surface area (Å²) in [5, 5.41) is 6.10. The number of carbonyl (C=O) groups is 1. The van der Waals surface area contributed by atoms with Gasteiger partial charge in [-0.05, 0) is 25.0 Å². The van der Waals surface area contributed by atoms with Crippen LogP contribution in [0.3, 0.4) is 0 Å². The molecule has 1 fully saturated rings. The molecule has 0 saturated carbocycles. The summed E-state index contributed by atoms with van der Waals surface area (Å²) in [6, 6.07) is 5.86. The SMILES string of the molecule is COc1cc(Br)cc(NCC(=O)NC2CCOCC2)c1. The minimum absolute atomic E-state index is 0.00385. The summed E-state index contributed by atoms with van der Waals surface area (Å²) in [6.45, 7) is 1.69. The van der Waals surface area contributed by atoms with E-state index in [1.54, 1.807) is 7.11 Å². The number of nitrogens with one attached hydrogen (secondary N) is 2. The molecular weight excluding hydrogens is 324 g/mol. The smallest absolute Gasteiger partial charge is 0.239 e. The van der Waals surface area contributed by atoms with Crippen molar-refractivity contribution < 1.29 is 14.3 Å². The third-order valence-corrected chi connectivity index (χ3v) is 3.60. The highest BCUT2D eigenvalue weighted by Gasteiger charge is 2.15. The summed E-state index contributed by atoms with van der Waals surface area (Å²) in [5.74, 6) is 0.738. The van der Waals surface area contributed by atoms with Gasteiger partial charge in [0.05, 0.1) is 13.7 Å². The van der Waals surface area contributed by atoms with Crippen LogP contribution in [-0.4, -0.2) is 38.8 Å². The van der Waals surface area contributed by atoms with Crippen molar-refractivity contribution in [2.45, 2.75) is 18.9 Å². The Morgan fingerprint density at radius 3 is 2.85 bits per heavy atom. The maximum atomic E-state index is 11.9. The van der Waals surface area contributed by atoms with Gasteiger partial charge in [0.25, 0.3) is 0 Å². The predicted molar refractivity (Wildman–Crippen MR) is 81.2 cm³/mol. The minimum Gasteiger partial charge on any atom is -0.497 e. The molecule has 0 aromatic heterocycles. The molecule has 2 N–H and O–H groups in total. The van der Waals surface area contributed by atoms with Gasteiger partial charge in [-0.25, -0.2) is 0 Å². The van der Waals surface area contributed by atoms with E-state index in [4.69, 9.17) is 9.47 Å². The normalized spacial score (nSPS) is 15.7. The van der Waals surface area contributed by atoms with Crippen molar-refractivity contribution in [1.29, 1.82) is 0 Å². The van der Waals surface area contributed by atoms with Crippen LogP contribution in [0.4, 0.5) is 5.69 Å². The Balaban J connectivity index is 1.81. The molecule has 110 valence electrons. The van der Waals surface area contributed by atoms with E-state index in [0.717, 1.165) is 42.0 Å². The lowest BCUT2D eigenvalue weighted by Crippen LogP contribution is -2.41. The average Bonchev–Trinajstić information content (AvgIpc) is 2.45. The molecule has 5 nitrogen and oxygen atoms in total. The lowest BCUT2D eigenvalue weighted by molar-refractivity contribution is -0.120. The number of methoxy groups -OCH3 is 1. The maximum Gasteiger partial charge on any atom is 0.239 e. The molecule has 6 heteroatoms. The van der Waals surface area contributed by atoms with Gasteiger partial charge in [0, 0.05) is 35.5 Å². The summed E-state index contributed by atoms with van der Waals surface area (Å²) in [6.07, 6.45) is 1.77. The molecule has 0 aliphatic carbocycles. The average molecular weight is 343 g/mol. The quantitative estimate of drug-likeness (QED) is 0.860. The molecule has 1 aliphatic rings. The van der Waals surface area contributed by atoms with Gasteiger partial charge in [-0.2, -0.15) is 0 Å². The summed E-state index contributed by atoms with van der Waals surface area (Å²) < 4.78 is 11.3. The molecule has 0 bridgehead atoms. The zero-order chi connectivity index (χ0) is 14.4. The first-order valence-electron chi connectivity index (χ1n) is 6.63. The van der Waals surface area contributed by atoms with E-state index in [-0.39, 0.29) is 18.5 Å².